The molecule has 0 atom stereocenters. The Labute approximate surface area is 150 Å². The zero-order valence-corrected chi connectivity index (χ0v) is 14.0. The Morgan fingerprint density at radius 1 is 1.36 bits per heavy atom. The molecule has 1 N–H and O–H groups in total. The largest absolute Gasteiger partial charge is 0.270 e. The fraction of sp³-hybridized carbons (Fsp3) is 0. The van der Waals surface area contributed by atoms with Crippen molar-refractivity contribution in [3.63, 3.8) is 0 Å². The van der Waals surface area contributed by atoms with Gasteiger partial charge < -0.3 is 0 Å². The first kappa shape index (κ1) is 16.9. The zero-order valence-electron chi connectivity index (χ0n) is 12.4. The molecule has 0 saturated carbocycles. The van der Waals surface area contributed by atoms with E-state index in [9.17, 15) is 14.5 Å². The summed E-state index contributed by atoms with van der Waals surface area (Å²) >= 11 is 11.1. The van der Waals surface area contributed by atoms with Crippen molar-refractivity contribution in [2.45, 2.75) is 0 Å². The van der Waals surface area contributed by atoms with Crippen LogP contribution in [0.15, 0.2) is 47.6 Å². The second-order valence-electron chi connectivity index (χ2n) is 4.85. The van der Waals surface area contributed by atoms with Gasteiger partial charge in [-0.2, -0.15) is 14.9 Å². The molecule has 0 aliphatic rings. The number of aromatic nitrogens is 3. The number of hydrogen-bond donors (Lipinski definition) is 1. The first-order valence-corrected chi connectivity index (χ1v) is 7.66. The van der Waals surface area contributed by atoms with Crippen molar-refractivity contribution < 1.29 is 9.31 Å². The molecule has 0 bridgehead atoms. The highest BCUT2D eigenvalue weighted by atomic mass is 35.5. The van der Waals surface area contributed by atoms with Crippen LogP contribution in [0.5, 0.6) is 0 Å². The van der Waals surface area contributed by atoms with E-state index in [2.05, 4.69) is 15.3 Å². The summed E-state index contributed by atoms with van der Waals surface area (Å²) in [6.45, 7) is 0. The average molecular weight is 378 g/mol. The number of nitro benzene ring substituents is 1. The van der Waals surface area contributed by atoms with E-state index in [-0.39, 0.29) is 26.9 Å². The van der Waals surface area contributed by atoms with Gasteiger partial charge in [-0.3, -0.25) is 10.1 Å². The van der Waals surface area contributed by atoms with Crippen molar-refractivity contribution in [3.05, 3.63) is 73.8 Å². The van der Waals surface area contributed by atoms with Gasteiger partial charge in [0.2, 0.25) is 4.77 Å². The standard InChI is InChI=1S/C15H9ClFN5O2S/c16-12-6-5-10(22(23)24)7-9(12)8-18-21-14(19-20-15(21)25)11-3-1-2-4-13(11)17/h1-8H,(H,20,25)/b18-8+. The van der Waals surface area contributed by atoms with Crippen LogP contribution >= 0.6 is 23.8 Å². The van der Waals surface area contributed by atoms with E-state index in [1.165, 1.54) is 41.2 Å². The van der Waals surface area contributed by atoms with E-state index < -0.39 is 10.7 Å². The highest BCUT2D eigenvalue weighted by Crippen LogP contribution is 2.22. The maximum atomic E-state index is 14.0. The minimum atomic E-state index is -0.540. The molecule has 0 radical (unpaired) electrons. The van der Waals surface area contributed by atoms with Gasteiger partial charge in [0, 0.05) is 22.7 Å². The highest BCUT2D eigenvalue weighted by Gasteiger charge is 2.13. The molecule has 1 aromatic heterocycles. The number of non-ortho nitro benzene ring substituents is 1. The van der Waals surface area contributed by atoms with Gasteiger partial charge in [0.1, 0.15) is 5.82 Å². The van der Waals surface area contributed by atoms with Gasteiger partial charge in [-0.15, -0.1) is 0 Å². The number of aromatic amines is 1. The minimum absolute atomic E-state index is 0.129. The van der Waals surface area contributed by atoms with E-state index in [0.29, 0.717) is 5.56 Å². The third-order valence-electron chi connectivity index (χ3n) is 3.27. The Morgan fingerprint density at radius 3 is 2.84 bits per heavy atom. The summed E-state index contributed by atoms with van der Waals surface area (Å²) in [5, 5.41) is 21.8. The topological polar surface area (TPSA) is 89.1 Å². The van der Waals surface area contributed by atoms with Gasteiger partial charge in [-0.25, -0.2) is 9.49 Å². The average Bonchev–Trinajstić information content (AvgIpc) is 2.95. The quantitative estimate of drug-likeness (QED) is 0.319. The lowest BCUT2D eigenvalue weighted by molar-refractivity contribution is -0.384. The number of H-pyrrole nitrogens is 1. The zero-order chi connectivity index (χ0) is 18.0. The van der Waals surface area contributed by atoms with Crippen molar-refractivity contribution >= 4 is 35.7 Å². The predicted octanol–water partition coefficient (Wildman–Crippen LogP) is 4.19. The Bertz CT molecular complexity index is 1050. The maximum absolute atomic E-state index is 14.0. The molecule has 3 aromatic rings. The highest BCUT2D eigenvalue weighted by molar-refractivity contribution is 7.71. The monoisotopic (exact) mass is 377 g/mol. The van der Waals surface area contributed by atoms with Crippen LogP contribution < -0.4 is 0 Å². The lowest BCUT2D eigenvalue weighted by atomic mass is 10.2. The molecule has 10 heteroatoms. The van der Waals surface area contributed by atoms with Gasteiger partial charge in [0.25, 0.3) is 5.69 Å². The molecule has 2 aromatic carbocycles. The summed E-state index contributed by atoms with van der Waals surface area (Å²) in [6.07, 6.45) is 1.30. The van der Waals surface area contributed by atoms with Crippen molar-refractivity contribution in [1.29, 1.82) is 0 Å². The molecule has 1 heterocycles. The van der Waals surface area contributed by atoms with Gasteiger partial charge >= 0.3 is 0 Å². The van der Waals surface area contributed by atoms with Crippen molar-refractivity contribution in [2.24, 2.45) is 5.10 Å². The van der Waals surface area contributed by atoms with Crippen LogP contribution in [0.4, 0.5) is 10.1 Å². The van der Waals surface area contributed by atoms with Crippen LogP contribution in [0.1, 0.15) is 5.56 Å². The van der Waals surface area contributed by atoms with E-state index >= 15 is 0 Å². The summed E-state index contributed by atoms with van der Waals surface area (Å²) in [4.78, 5) is 10.3. The van der Waals surface area contributed by atoms with E-state index in [4.69, 9.17) is 23.8 Å². The molecule has 0 saturated heterocycles. The lowest BCUT2D eigenvalue weighted by Gasteiger charge is -2.02. The van der Waals surface area contributed by atoms with Gasteiger partial charge in [-0.1, -0.05) is 23.7 Å². The van der Waals surface area contributed by atoms with Gasteiger partial charge in [0.15, 0.2) is 5.82 Å². The minimum Gasteiger partial charge on any atom is -0.258 e. The molecule has 0 aliphatic heterocycles. The summed E-state index contributed by atoms with van der Waals surface area (Å²) in [7, 11) is 0. The Balaban J connectivity index is 2.05. The number of nitrogens with zero attached hydrogens (tertiary/aromatic N) is 4. The van der Waals surface area contributed by atoms with Crippen molar-refractivity contribution in [2.75, 3.05) is 0 Å². The SMILES string of the molecule is O=[N+]([O-])c1ccc(Cl)c(/C=N/n2c(-c3ccccc3F)n[nH]c2=S)c1. The summed E-state index contributed by atoms with van der Waals surface area (Å²) in [5.41, 5.74) is 0.395. The fourth-order valence-corrected chi connectivity index (χ4v) is 2.42. The molecule has 0 fully saturated rings. The smallest absolute Gasteiger partial charge is 0.258 e. The number of rotatable bonds is 4. The summed E-state index contributed by atoms with van der Waals surface area (Å²) in [5.74, 6) is -0.317. The lowest BCUT2D eigenvalue weighted by Crippen LogP contribution is -1.97. The molecular weight excluding hydrogens is 369 g/mol. The van der Waals surface area contributed by atoms with Gasteiger partial charge in [-0.05, 0) is 30.4 Å². The Kier molecular flexibility index (Phi) is 4.68. The molecule has 0 aliphatic carbocycles. The molecule has 126 valence electrons. The molecule has 0 unspecified atom stereocenters. The van der Waals surface area contributed by atoms with E-state index in [1.54, 1.807) is 12.1 Å². The van der Waals surface area contributed by atoms with Crippen LogP contribution in [0.3, 0.4) is 0 Å². The van der Waals surface area contributed by atoms with Crippen molar-refractivity contribution in [1.82, 2.24) is 14.9 Å². The summed E-state index contributed by atoms with van der Waals surface area (Å²) in [6, 6.07) is 9.99. The van der Waals surface area contributed by atoms with Gasteiger partial charge in [0.05, 0.1) is 16.7 Å². The number of hydrogen-bond acceptors (Lipinski definition) is 5. The van der Waals surface area contributed by atoms with Crippen LogP contribution in [0, 0.1) is 20.7 Å². The van der Waals surface area contributed by atoms with Crippen molar-refractivity contribution in [3.8, 4) is 11.4 Å². The van der Waals surface area contributed by atoms with Crippen LogP contribution in [-0.2, 0) is 0 Å². The molecule has 0 amide bonds. The molecule has 7 nitrogen and oxygen atoms in total. The second-order valence-corrected chi connectivity index (χ2v) is 5.65. The fourth-order valence-electron chi connectivity index (χ4n) is 2.08. The third kappa shape index (κ3) is 3.47. The van der Waals surface area contributed by atoms with E-state index in [0.717, 1.165) is 0 Å². The first-order chi connectivity index (χ1) is 12.0. The number of nitro groups is 1. The summed E-state index contributed by atoms with van der Waals surface area (Å²) < 4.78 is 15.3. The van der Waals surface area contributed by atoms with Crippen LogP contribution in [-0.4, -0.2) is 26.0 Å². The van der Waals surface area contributed by atoms with Crippen LogP contribution in [0.2, 0.25) is 5.02 Å². The molecule has 25 heavy (non-hydrogen) atoms. The Morgan fingerprint density at radius 2 is 2.12 bits per heavy atom. The molecular formula is C15H9ClFN5O2S. The number of benzene rings is 2. The van der Waals surface area contributed by atoms with E-state index in [1.807, 2.05) is 0 Å². The second kappa shape index (κ2) is 6.91. The number of nitrogens with one attached hydrogen (secondary N) is 1. The Hall–Kier alpha value is -2.91. The van der Waals surface area contributed by atoms with Crippen LogP contribution in [0.25, 0.3) is 11.4 Å². The molecule has 0 spiro atoms. The predicted molar refractivity (Wildman–Crippen MR) is 93.9 cm³/mol. The maximum Gasteiger partial charge on any atom is 0.270 e. The first-order valence-electron chi connectivity index (χ1n) is 6.88. The molecule has 3 rings (SSSR count). The number of halogens is 2. The third-order valence-corrected chi connectivity index (χ3v) is 3.88. The normalized spacial score (nSPS) is 11.1.